The Bertz CT molecular complexity index is 1160. The number of likely N-dealkylation sites (tertiary alicyclic amines) is 1. The van der Waals surface area contributed by atoms with E-state index in [4.69, 9.17) is 4.74 Å². The molecule has 4 rings (SSSR count). The number of rotatable bonds is 5. The number of hydrogen-bond acceptors (Lipinski definition) is 8. The molecule has 2 aliphatic heterocycles. The summed E-state index contributed by atoms with van der Waals surface area (Å²) >= 11 is 0. The largest absolute Gasteiger partial charge is 0.447 e. The van der Waals surface area contributed by atoms with E-state index in [1.807, 2.05) is 20.8 Å². The number of piperazine rings is 1. The Morgan fingerprint density at radius 1 is 1.21 bits per heavy atom. The van der Waals surface area contributed by atoms with E-state index in [-0.39, 0.29) is 34.9 Å². The number of carbonyl (C=O) groups excluding carboxylic acids is 1. The second-order valence-corrected chi connectivity index (χ2v) is 10.9. The summed E-state index contributed by atoms with van der Waals surface area (Å²) in [6.07, 6.45) is 3.86. The number of anilines is 3. The zero-order valence-corrected chi connectivity index (χ0v) is 19.9. The van der Waals surface area contributed by atoms with Gasteiger partial charge < -0.3 is 19.9 Å². The number of nitrogens with one attached hydrogen (secondary N) is 1. The number of sulfone groups is 1. The smallest absolute Gasteiger partial charge is 0.410 e. The monoisotopic (exact) mass is 477 g/mol. The number of nitrogens with zero attached hydrogens (tertiary/aromatic N) is 4. The fourth-order valence-electron chi connectivity index (χ4n) is 4.46. The van der Waals surface area contributed by atoms with Gasteiger partial charge in [-0.15, -0.1) is 0 Å². The molecule has 2 fully saturated rings. The van der Waals surface area contributed by atoms with E-state index >= 15 is 0 Å². The average Bonchev–Trinajstić information content (AvgIpc) is 2.98. The van der Waals surface area contributed by atoms with Crippen LogP contribution in [0.4, 0.5) is 26.5 Å². The summed E-state index contributed by atoms with van der Waals surface area (Å²) in [7, 11) is -3.50. The van der Waals surface area contributed by atoms with Gasteiger partial charge in [0.2, 0.25) is 0 Å². The van der Waals surface area contributed by atoms with Gasteiger partial charge in [0.15, 0.2) is 9.84 Å². The first kappa shape index (κ1) is 23.2. The summed E-state index contributed by atoms with van der Waals surface area (Å²) in [5, 5.41) is 2.97. The highest BCUT2D eigenvalue weighted by Gasteiger charge is 2.43. The average molecular weight is 478 g/mol. The van der Waals surface area contributed by atoms with Gasteiger partial charge in [-0.05, 0) is 51.8 Å². The van der Waals surface area contributed by atoms with E-state index in [1.165, 1.54) is 18.5 Å². The lowest BCUT2D eigenvalue weighted by molar-refractivity contribution is 0.0699. The molecule has 1 aromatic carbocycles. The molecule has 1 aromatic heterocycles. The third-order valence-corrected chi connectivity index (χ3v) is 7.11. The van der Waals surface area contributed by atoms with Crippen LogP contribution < -0.4 is 10.2 Å². The van der Waals surface area contributed by atoms with Crippen LogP contribution in [0.1, 0.15) is 32.3 Å². The van der Waals surface area contributed by atoms with E-state index in [0.29, 0.717) is 18.9 Å². The number of hydrogen-bond donors (Lipinski definition) is 1. The molecule has 0 aliphatic carbocycles. The van der Waals surface area contributed by atoms with E-state index in [0.717, 1.165) is 36.5 Å². The first-order valence-corrected chi connectivity index (χ1v) is 12.8. The van der Waals surface area contributed by atoms with Crippen molar-refractivity contribution in [3.63, 3.8) is 0 Å². The normalized spacial score (nSPS) is 20.3. The minimum absolute atomic E-state index is 0.0870. The minimum atomic E-state index is -3.50. The number of fused-ring (bicyclic) bond motifs is 2. The van der Waals surface area contributed by atoms with Crippen molar-refractivity contribution in [3.8, 4) is 0 Å². The van der Waals surface area contributed by atoms with Crippen LogP contribution in [0.5, 0.6) is 0 Å². The maximum Gasteiger partial charge on any atom is 0.410 e. The lowest BCUT2D eigenvalue weighted by Crippen LogP contribution is -2.56. The summed E-state index contributed by atoms with van der Waals surface area (Å²) in [4.78, 5) is 25.1. The fraction of sp³-hybridized carbons (Fsp3) is 0.500. The van der Waals surface area contributed by atoms with Crippen molar-refractivity contribution < 1.29 is 22.3 Å². The quantitative estimate of drug-likeness (QED) is 0.700. The number of carbonyl (C=O) groups is 1. The highest BCUT2D eigenvalue weighted by atomic mass is 32.2. The molecule has 1 N–H and O–H groups in total. The van der Waals surface area contributed by atoms with Crippen LogP contribution in [-0.4, -0.2) is 66.9 Å². The highest BCUT2D eigenvalue weighted by Crippen LogP contribution is 2.37. The molecule has 2 aromatic rings. The predicted molar refractivity (Wildman–Crippen MR) is 122 cm³/mol. The Morgan fingerprint density at radius 3 is 2.45 bits per heavy atom. The Balaban J connectivity index is 1.56. The van der Waals surface area contributed by atoms with Gasteiger partial charge >= 0.3 is 6.09 Å². The van der Waals surface area contributed by atoms with Crippen molar-refractivity contribution in [2.24, 2.45) is 0 Å². The molecule has 0 saturated carbocycles. The molecule has 178 valence electrons. The SMILES string of the molecule is Cc1c(Nc2ccc(S(C)(=O)=O)cc2F)ncnc1N1C2CCC1CN(C(=O)OC(C)C)C2. The Labute approximate surface area is 192 Å². The first-order chi connectivity index (χ1) is 15.5. The van der Waals surface area contributed by atoms with Crippen LogP contribution in [0.15, 0.2) is 29.4 Å². The number of benzene rings is 1. The lowest BCUT2D eigenvalue weighted by Gasteiger charge is -2.42. The van der Waals surface area contributed by atoms with Crippen molar-refractivity contribution in [1.29, 1.82) is 0 Å². The van der Waals surface area contributed by atoms with E-state index in [1.54, 1.807) is 4.90 Å². The Kier molecular flexibility index (Phi) is 6.17. The second-order valence-electron chi connectivity index (χ2n) is 8.84. The van der Waals surface area contributed by atoms with Crippen LogP contribution in [0.3, 0.4) is 0 Å². The van der Waals surface area contributed by atoms with Crippen molar-refractivity contribution in [1.82, 2.24) is 14.9 Å². The number of ether oxygens (including phenoxy) is 1. The number of amides is 1. The summed E-state index contributed by atoms with van der Waals surface area (Å²) in [6.45, 7) is 6.63. The van der Waals surface area contributed by atoms with Gasteiger partial charge in [-0.1, -0.05) is 0 Å². The van der Waals surface area contributed by atoms with Gasteiger partial charge in [-0.3, -0.25) is 0 Å². The molecule has 0 spiro atoms. The second kappa shape index (κ2) is 8.77. The molecule has 1 amide bonds. The minimum Gasteiger partial charge on any atom is -0.447 e. The number of halogens is 1. The van der Waals surface area contributed by atoms with Gasteiger partial charge in [-0.2, -0.15) is 0 Å². The van der Waals surface area contributed by atoms with Crippen molar-refractivity contribution >= 4 is 33.3 Å². The summed E-state index contributed by atoms with van der Waals surface area (Å²) < 4.78 is 43.3. The van der Waals surface area contributed by atoms with Gasteiger partial charge in [0.05, 0.1) is 16.7 Å². The summed E-state index contributed by atoms with van der Waals surface area (Å²) in [5.74, 6) is 0.493. The lowest BCUT2D eigenvalue weighted by atomic mass is 10.1. The molecule has 9 nitrogen and oxygen atoms in total. The summed E-state index contributed by atoms with van der Waals surface area (Å²) in [6, 6.07) is 3.94. The van der Waals surface area contributed by atoms with E-state index in [9.17, 15) is 17.6 Å². The molecule has 33 heavy (non-hydrogen) atoms. The van der Waals surface area contributed by atoms with Gasteiger partial charge in [0, 0.05) is 37.0 Å². The van der Waals surface area contributed by atoms with Crippen LogP contribution in [-0.2, 0) is 14.6 Å². The first-order valence-electron chi connectivity index (χ1n) is 10.9. The van der Waals surface area contributed by atoms with Gasteiger partial charge in [0.25, 0.3) is 0 Å². The Morgan fingerprint density at radius 2 is 1.88 bits per heavy atom. The van der Waals surface area contributed by atoms with E-state index < -0.39 is 15.7 Å². The fourth-order valence-corrected chi connectivity index (χ4v) is 5.09. The molecule has 2 atom stereocenters. The Hall–Kier alpha value is -2.95. The zero-order valence-electron chi connectivity index (χ0n) is 19.1. The standard InChI is InChI=1S/C22H28FN5O4S/c1-13(2)32-22(29)27-10-15-5-6-16(11-27)28(15)21-14(3)20(24-12-25-21)26-19-8-7-17(9-18(19)23)33(4,30)31/h7-9,12-13,15-16H,5-6,10-11H2,1-4H3,(H,24,25,26). The molecule has 2 aliphatic rings. The highest BCUT2D eigenvalue weighted by molar-refractivity contribution is 7.90. The van der Waals surface area contributed by atoms with Crippen LogP contribution in [0.2, 0.25) is 0 Å². The van der Waals surface area contributed by atoms with Crippen molar-refractivity contribution in [2.45, 2.75) is 56.7 Å². The molecule has 2 saturated heterocycles. The molecule has 3 heterocycles. The van der Waals surface area contributed by atoms with Crippen molar-refractivity contribution in [2.75, 3.05) is 29.6 Å². The number of aromatic nitrogens is 2. The molecular weight excluding hydrogens is 449 g/mol. The van der Waals surface area contributed by atoms with Crippen LogP contribution in [0, 0.1) is 12.7 Å². The third kappa shape index (κ3) is 4.73. The molecule has 2 unspecified atom stereocenters. The van der Waals surface area contributed by atoms with Crippen LogP contribution in [0.25, 0.3) is 0 Å². The van der Waals surface area contributed by atoms with Crippen LogP contribution >= 0.6 is 0 Å². The van der Waals surface area contributed by atoms with Gasteiger partial charge in [0.1, 0.15) is 23.8 Å². The maximum absolute atomic E-state index is 14.6. The molecule has 11 heteroatoms. The van der Waals surface area contributed by atoms with E-state index in [2.05, 4.69) is 20.2 Å². The van der Waals surface area contributed by atoms with Crippen molar-refractivity contribution in [3.05, 3.63) is 35.9 Å². The topological polar surface area (TPSA) is 105 Å². The maximum atomic E-state index is 14.6. The van der Waals surface area contributed by atoms with Gasteiger partial charge in [-0.25, -0.2) is 27.6 Å². The molecule has 2 bridgehead atoms. The molecular formula is C22H28FN5O4S. The predicted octanol–water partition coefficient (Wildman–Crippen LogP) is 3.27. The third-order valence-electron chi connectivity index (χ3n) is 6.00. The molecule has 0 radical (unpaired) electrons. The zero-order chi connectivity index (χ0) is 23.9. The summed E-state index contributed by atoms with van der Waals surface area (Å²) in [5.41, 5.74) is 0.874.